The summed E-state index contributed by atoms with van der Waals surface area (Å²) in [6, 6.07) is 11.4. The standard InChI is InChI=1S/C64H76N4O24/c1-10-78-56(69)32-65-31-44-23-42(19-21-49-52(89-38-60(73)82-14-5)27-47(87-36-58(71)80-12-3)28-53(49)90-39-61(74)83-15-6)24-45(66-44)33-68(35-57(70)79-11-2)34-46-25-43(26-51(67-46)64(77)86-18-9)20-22-50-54(91-40-62(75)84-16-7)29-48(88-37-59(72)81-13-4)30-55(50)92-41-63(76)85-17-8/h23-30,65H,10-18,31-41H2,1-9H3. The molecule has 92 heavy (non-hydrogen) atoms. The predicted octanol–water partition coefficient (Wildman–Crippen LogP) is 4.32. The van der Waals surface area contributed by atoms with E-state index in [2.05, 4.69) is 34.0 Å². The van der Waals surface area contributed by atoms with Crippen molar-refractivity contribution >= 4 is 53.7 Å². The van der Waals surface area contributed by atoms with E-state index < -0.39 is 93.4 Å². The summed E-state index contributed by atoms with van der Waals surface area (Å²) in [6.07, 6.45) is 0. The van der Waals surface area contributed by atoms with Crippen molar-refractivity contribution in [2.24, 2.45) is 0 Å². The van der Waals surface area contributed by atoms with Crippen LogP contribution in [0.3, 0.4) is 0 Å². The number of rotatable bonds is 38. The summed E-state index contributed by atoms with van der Waals surface area (Å²) in [5.74, 6) is 5.29. The number of benzene rings is 2. The van der Waals surface area contributed by atoms with Crippen LogP contribution in [0.25, 0.3) is 0 Å². The van der Waals surface area contributed by atoms with Gasteiger partial charge in [0.25, 0.3) is 0 Å². The molecule has 0 saturated carbocycles. The third-order valence-electron chi connectivity index (χ3n) is 11.3. The maximum absolute atomic E-state index is 13.6. The Labute approximate surface area is 532 Å². The second-order valence-electron chi connectivity index (χ2n) is 18.3. The minimum Gasteiger partial charge on any atom is -0.482 e. The number of carbonyl (C=O) groups excluding carboxylic acids is 9. The van der Waals surface area contributed by atoms with Crippen LogP contribution in [0.4, 0.5) is 0 Å². The third kappa shape index (κ3) is 27.3. The summed E-state index contributed by atoms with van der Waals surface area (Å²) in [5, 5.41) is 3.00. The molecule has 0 radical (unpaired) electrons. The lowest BCUT2D eigenvalue weighted by Gasteiger charge is -2.21. The number of nitrogens with one attached hydrogen (secondary N) is 1. The third-order valence-corrected chi connectivity index (χ3v) is 11.3. The Morgan fingerprint density at radius 2 is 0.696 bits per heavy atom. The highest BCUT2D eigenvalue weighted by Crippen LogP contribution is 2.36. The molecule has 496 valence electrons. The molecule has 28 heteroatoms. The smallest absolute Gasteiger partial charge is 0.356 e. The largest absolute Gasteiger partial charge is 0.482 e. The van der Waals surface area contributed by atoms with Crippen molar-refractivity contribution in [1.29, 1.82) is 0 Å². The molecule has 2 heterocycles. The summed E-state index contributed by atoms with van der Waals surface area (Å²) in [4.78, 5) is 126. The first-order chi connectivity index (χ1) is 44.4. The van der Waals surface area contributed by atoms with Gasteiger partial charge in [-0.05, 0) is 86.6 Å². The number of nitrogens with zero attached hydrogens (tertiary/aromatic N) is 3. The molecular weight excluding hydrogens is 1210 g/mol. The molecule has 0 unspecified atom stereocenters. The van der Waals surface area contributed by atoms with E-state index in [0.29, 0.717) is 17.0 Å². The molecule has 28 nitrogen and oxygen atoms in total. The number of pyridine rings is 2. The van der Waals surface area contributed by atoms with Crippen LogP contribution in [0.15, 0.2) is 48.5 Å². The number of aromatic nitrogens is 2. The van der Waals surface area contributed by atoms with E-state index >= 15 is 0 Å². The van der Waals surface area contributed by atoms with Crippen molar-refractivity contribution in [3.05, 3.63) is 93.6 Å². The van der Waals surface area contributed by atoms with Gasteiger partial charge in [-0.2, -0.15) is 0 Å². The summed E-state index contributed by atoms with van der Waals surface area (Å²) in [5.41, 5.74) is 1.08. The van der Waals surface area contributed by atoms with Gasteiger partial charge in [0.05, 0.1) is 89.6 Å². The van der Waals surface area contributed by atoms with Gasteiger partial charge >= 0.3 is 53.7 Å². The van der Waals surface area contributed by atoms with Gasteiger partial charge in [-0.15, -0.1) is 0 Å². The quantitative estimate of drug-likeness (QED) is 0.0371. The fraction of sp³-hybridized carbons (Fsp3) is 0.453. The molecule has 0 amide bonds. The van der Waals surface area contributed by atoms with Crippen LogP contribution in [-0.4, -0.2) is 181 Å². The second-order valence-corrected chi connectivity index (χ2v) is 18.3. The first-order valence-electron chi connectivity index (χ1n) is 29.4. The first-order valence-corrected chi connectivity index (χ1v) is 29.4. The van der Waals surface area contributed by atoms with Crippen molar-refractivity contribution in [2.45, 2.75) is 81.9 Å². The molecule has 4 rings (SSSR count). The molecule has 2 aromatic carbocycles. The molecule has 4 aromatic rings. The lowest BCUT2D eigenvalue weighted by atomic mass is 10.1. The van der Waals surface area contributed by atoms with Gasteiger partial charge in [0.2, 0.25) is 0 Å². The lowest BCUT2D eigenvalue weighted by molar-refractivity contribution is -0.146. The van der Waals surface area contributed by atoms with E-state index in [-0.39, 0.29) is 155 Å². The van der Waals surface area contributed by atoms with Gasteiger partial charge in [-0.1, -0.05) is 23.7 Å². The van der Waals surface area contributed by atoms with Gasteiger partial charge in [0, 0.05) is 55.0 Å². The van der Waals surface area contributed by atoms with E-state index in [9.17, 15) is 43.2 Å². The zero-order chi connectivity index (χ0) is 67.2. The van der Waals surface area contributed by atoms with Crippen LogP contribution in [0.1, 0.15) is 112 Å². The van der Waals surface area contributed by atoms with Crippen LogP contribution >= 0.6 is 0 Å². The molecule has 0 aliphatic heterocycles. The van der Waals surface area contributed by atoms with Crippen LogP contribution in [0.5, 0.6) is 34.5 Å². The van der Waals surface area contributed by atoms with Crippen molar-refractivity contribution in [1.82, 2.24) is 20.2 Å². The highest BCUT2D eigenvalue weighted by Gasteiger charge is 2.23. The minimum absolute atomic E-state index is 0.00490. The van der Waals surface area contributed by atoms with E-state index in [0.717, 1.165) is 0 Å². The Kier molecular flexibility index (Phi) is 33.2. The van der Waals surface area contributed by atoms with Gasteiger partial charge in [0.15, 0.2) is 39.6 Å². The number of hydrogen-bond acceptors (Lipinski definition) is 28. The average molecular weight is 1290 g/mol. The summed E-state index contributed by atoms with van der Waals surface area (Å²) in [6.45, 7) is 10.6. The second kappa shape index (κ2) is 41.2. The molecule has 0 aliphatic rings. The Morgan fingerprint density at radius 3 is 1.08 bits per heavy atom. The summed E-state index contributed by atoms with van der Waals surface area (Å²) >= 11 is 0. The van der Waals surface area contributed by atoms with Crippen LogP contribution < -0.4 is 33.7 Å². The Morgan fingerprint density at radius 1 is 0.370 bits per heavy atom. The van der Waals surface area contributed by atoms with Gasteiger partial charge < -0.3 is 76.4 Å². The first kappa shape index (κ1) is 74.3. The van der Waals surface area contributed by atoms with Crippen molar-refractivity contribution in [2.75, 3.05) is 112 Å². The lowest BCUT2D eigenvalue weighted by Crippen LogP contribution is -2.31. The van der Waals surface area contributed by atoms with Crippen LogP contribution in [-0.2, 0) is 101 Å². The topological polar surface area (TPSA) is 333 Å². The molecule has 0 aliphatic carbocycles. The fourth-order valence-corrected chi connectivity index (χ4v) is 7.78. The summed E-state index contributed by atoms with van der Waals surface area (Å²) in [7, 11) is 0. The number of hydrogen-bond donors (Lipinski definition) is 1. The Hall–Kier alpha value is -10.2. The molecule has 0 bridgehead atoms. The fourth-order valence-electron chi connectivity index (χ4n) is 7.78. The molecule has 0 spiro atoms. The van der Waals surface area contributed by atoms with Crippen molar-refractivity contribution < 1.29 is 114 Å². The summed E-state index contributed by atoms with van der Waals surface area (Å²) < 4.78 is 81.2. The van der Waals surface area contributed by atoms with E-state index in [1.165, 1.54) is 36.4 Å². The zero-order valence-electron chi connectivity index (χ0n) is 52.9. The van der Waals surface area contributed by atoms with Gasteiger partial charge in [-0.25, -0.2) is 38.5 Å². The highest BCUT2D eigenvalue weighted by molar-refractivity contribution is 5.88. The number of ether oxygens (including phenoxy) is 15. The van der Waals surface area contributed by atoms with E-state index in [1.807, 2.05) is 0 Å². The molecular formula is C64H76N4O24. The van der Waals surface area contributed by atoms with Crippen molar-refractivity contribution in [3.63, 3.8) is 0 Å². The van der Waals surface area contributed by atoms with Gasteiger partial charge in [-0.3, -0.25) is 19.5 Å². The Balaban J connectivity index is 1.96. The minimum atomic E-state index is -0.829. The maximum Gasteiger partial charge on any atom is 0.356 e. The number of esters is 9. The monoisotopic (exact) mass is 1280 g/mol. The molecule has 0 atom stereocenters. The average Bonchev–Trinajstić information content (AvgIpc) is 2.16. The molecule has 1 N–H and O–H groups in total. The molecule has 0 saturated heterocycles. The van der Waals surface area contributed by atoms with Crippen LogP contribution in [0, 0.1) is 23.7 Å². The van der Waals surface area contributed by atoms with E-state index in [4.69, 9.17) is 76.0 Å². The predicted molar refractivity (Wildman–Crippen MR) is 321 cm³/mol. The maximum atomic E-state index is 13.6. The van der Waals surface area contributed by atoms with Gasteiger partial charge in [0.1, 0.15) is 51.3 Å². The molecule has 2 aromatic heterocycles. The number of carbonyl (C=O) groups is 9. The van der Waals surface area contributed by atoms with Crippen LogP contribution in [0.2, 0.25) is 0 Å². The van der Waals surface area contributed by atoms with Crippen molar-refractivity contribution in [3.8, 4) is 58.2 Å². The molecule has 0 fully saturated rings. The van der Waals surface area contributed by atoms with E-state index in [1.54, 1.807) is 79.3 Å². The Bertz CT molecular complexity index is 3220. The SMILES string of the molecule is CCOC(=O)CNCc1cc(C#Cc2c(OCC(=O)OCC)cc(OCC(=O)OCC)cc2OCC(=O)OCC)cc(CN(CC(=O)OCC)Cc2cc(C#Cc3c(OCC(=O)OCC)cc(OCC(=O)OCC)cc3OCC(=O)OCC)cc(C(=O)OCC)n2)n1. The highest BCUT2D eigenvalue weighted by atomic mass is 16.6. The normalized spacial score (nSPS) is 10.4. The zero-order valence-corrected chi connectivity index (χ0v) is 52.9.